The standard InChI is InChI=1S/C70H45N/c1-4-20-46(21-5-1)48-24-18-26-50(42-48)67-55-30-10-14-34-59(55)69(60-35-15-11-31-56(60)67)52-38-40-65-63(44-52)64-45-53(39-41-66(64)71(65)54-28-8-3-9-29-54)70-61-36-16-12-32-57(61)68(58-33-13-17-37-62(58)70)51-27-19-25-49(43-51)47-22-6-2-7-23-47/h1-45H. The maximum absolute atomic E-state index is 2.46. The fraction of sp³-hybridized carbons (Fsp3) is 0. The van der Waals surface area contributed by atoms with Crippen LogP contribution in [0.15, 0.2) is 273 Å². The minimum absolute atomic E-state index is 1.14. The Kier molecular flexibility index (Phi) is 9.60. The van der Waals surface area contributed by atoms with E-state index in [4.69, 9.17) is 0 Å². The Morgan fingerprint density at radius 3 is 0.775 bits per heavy atom. The summed E-state index contributed by atoms with van der Waals surface area (Å²) in [5.74, 6) is 0. The molecule has 14 rings (SSSR count). The van der Waals surface area contributed by atoms with Gasteiger partial charge in [0.2, 0.25) is 0 Å². The van der Waals surface area contributed by atoms with E-state index in [1.807, 2.05) is 0 Å². The lowest BCUT2D eigenvalue weighted by Gasteiger charge is -2.18. The van der Waals surface area contributed by atoms with E-state index in [2.05, 4.69) is 278 Å². The van der Waals surface area contributed by atoms with Crippen molar-refractivity contribution < 1.29 is 0 Å². The minimum atomic E-state index is 1.14. The van der Waals surface area contributed by atoms with Crippen LogP contribution in [0.1, 0.15) is 0 Å². The highest BCUT2D eigenvalue weighted by atomic mass is 15.0. The third-order valence-corrected chi connectivity index (χ3v) is 14.7. The van der Waals surface area contributed by atoms with Crippen molar-refractivity contribution in [2.45, 2.75) is 0 Å². The molecule has 0 bridgehead atoms. The largest absolute Gasteiger partial charge is 0.309 e. The molecule has 1 aromatic heterocycles. The van der Waals surface area contributed by atoms with Gasteiger partial charge in [-0.25, -0.2) is 0 Å². The normalized spacial score (nSPS) is 11.7. The molecule has 0 aliphatic rings. The first kappa shape index (κ1) is 40.7. The van der Waals surface area contributed by atoms with Gasteiger partial charge in [0.15, 0.2) is 0 Å². The molecule has 1 heterocycles. The zero-order valence-corrected chi connectivity index (χ0v) is 38.9. The second kappa shape index (κ2) is 16.7. The number of nitrogens with zero attached hydrogens (tertiary/aromatic N) is 1. The van der Waals surface area contributed by atoms with Gasteiger partial charge in [0.25, 0.3) is 0 Å². The van der Waals surface area contributed by atoms with Crippen molar-refractivity contribution in [3.05, 3.63) is 273 Å². The summed E-state index contributed by atoms with van der Waals surface area (Å²) in [6.45, 7) is 0. The molecule has 14 aromatic rings. The first-order valence-electron chi connectivity index (χ1n) is 24.6. The molecule has 0 saturated heterocycles. The van der Waals surface area contributed by atoms with Crippen molar-refractivity contribution in [2.75, 3.05) is 0 Å². The van der Waals surface area contributed by atoms with Crippen molar-refractivity contribution in [1.82, 2.24) is 4.57 Å². The van der Waals surface area contributed by atoms with Crippen LogP contribution in [0.4, 0.5) is 0 Å². The number of hydrogen-bond acceptors (Lipinski definition) is 0. The van der Waals surface area contributed by atoms with Crippen LogP contribution in [-0.4, -0.2) is 4.57 Å². The minimum Gasteiger partial charge on any atom is -0.309 e. The lowest BCUT2D eigenvalue weighted by Crippen LogP contribution is -1.94. The van der Waals surface area contributed by atoms with E-state index in [9.17, 15) is 0 Å². The molecule has 13 aromatic carbocycles. The van der Waals surface area contributed by atoms with Gasteiger partial charge in [0.05, 0.1) is 11.0 Å². The number of para-hydroxylation sites is 1. The van der Waals surface area contributed by atoms with E-state index in [1.54, 1.807) is 0 Å². The molecule has 0 fully saturated rings. The third-order valence-electron chi connectivity index (χ3n) is 14.7. The maximum Gasteiger partial charge on any atom is 0.0541 e. The first-order valence-corrected chi connectivity index (χ1v) is 24.6. The Morgan fingerprint density at radius 1 is 0.169 bits per heavy atom. The van der Waals surface area contributed by atoms with Gasteiger partial charge in [0, 0.05) is 16.5 Å². The summed E-state index contributed by atoms with van der Waals surface area (Å²) < 4.78 is 2.44. The molecule has 1 nitrogen and oxygen atoms in total. The Labute approximate surface area is 412 Å². The van der Waals surface area contributed by atoms with Crippen LogP contribution < -0.4 is 0 Å². The van der Waals surface area contributed by atoms with E-state index < -0.39 is 0 Å². The monoisotopic (exact) mass is 899 g/mol. The van der Waals surface area contributed by atoms with Crippen LogP contribution in [-0.2, 0) is 0 Å². The second-order valence-corrected chi connectivity index (χ2v) is 18.7. The summed E-state index contributed by atoms with van der Waals surface area (Å²) >= 11 is 0. The predicted octanol–water partition coefficient (Wildman–Crippen LogP) is 19.4. The van der Waals surface area contributed by atoms with Gasteiger partial charge in [-0.3, -0.25) is 0 Å². The maximum atomic E-state index is 2.46. The molecule has 0 aliphatic heterocycles. The van der Waals surface area contributed by atoms with Gasteiger partial charge in [-0.1, -0.05) is 224 Å². The van der Waals surface area contributed by atoms with Crippen molar-refractivity contribution in [3.8, 4) is 72.4 Å². The number of benzene rings is 13. The lowest BCUT2D eigenvalue weighted by molar-refractivity contribution is 1.18. The summed E-state index contributed by atoms with van der Waals surface area (Å²) in [6, 6.07) is 101. The van der Waals surface area contributed by atoms with Crippen molar-refractivity contribution in [3.63, 3.8) is 0 Å². The van der Waals surface area contributed by atoms with Crippen LogP contribution in [0.25, 0.3) is 137 Å². The van der Waals surface area contributed by atoms with E-state index >= 15 is 0 Å². The summed E-state index contributed by atoms with van der Waals surface area (Å²) in [5, 5.41) is 12.4. The van der Waals surface area contributed by atoms with Crippen LogP contribution in [0.2, 0.25) is 0 Å². The van der Waals surface area contributed by atoms with Crippen molar-refractivity contribution in [2.24, 2.45) is 0 Å². The SMILES string of the molecule is c1ccc(-c2cccc(-c3c4ccccc4c(-c4ccc5c(c4)c4cc(-c6c7ccccc7c(-c7cccc(-c8ccccc8)c7)c7ccccc67)ccc4n5-c4ccccc4)c4ccccc34)c2)cc1. The molecule has 0 N–H and O–H groups in total. The molecular weight excluding hydrogens is 855 g/mol. The summed E-state index contributed by atoms with van der Waals surface area (Å²) in [4.78, 5) is 0. The van der Waals surface area contributed by atoms with Gasteiger partial charge < -0.3 is 4.57 Å². The Balaban J connectivity index is 1.01. The number of aromatic nitrogens is 1. The fourth-order valence-electron chi connectivity index (χ4n) is 11.7. The number of hydrogen-bond donors (Lipinski definition) is 0. The number of rotatable bonds is 7. The Hall–Kier alpha value is -9.30. The molecular formula is C70H45N. The quantitative estimate of drug-likeness (QED) is 0.141. The predicted molar refractivity (Wildman–Crippen MR) is 303 cm³/mol. The second-order valence-electron chi connectivity index (χ2n) is 18.7. The molecule has 1 heteroatoms. The highest BCUT2D eigenvalue weighted by Crippen LogP contribution is 2.48. The zero-order chi connectivity index (χ0) is 46.8. The molecule has 330 valence electrons. The highest BCUT2D eigenvalue weighted by Gasteiger charge is 2.22. The highest BCUT2D eigenvalue weighted by molar-refractivity contribution is 6.24. The van der Waals surface area contributed by atoms with E-state index in [-0.39, 0.29) is 0 Å². The van der Waals surface area contributed by atoms with Crippen LogP contribution >= 0.6 is 0 Å². The molecule has 0 saturated carbocycles. The van der Waals surface area contributed by atoms with E-state index in [1.165, 1.54) is 132 Å². The first-order chi connectivity index (χ1) is 35.2. The average Bonchev–Trinajstić information content (AvgIpc) is 3.77. The molecule has 0 spiro atoms. The zero-order valence-electron chi connectivity index (χ0n) is 38.9. The molecule has 0 amide bonds. The van der Waals surface area contributed by atoms with Crippen molar-refractivity contribution in [1.29, 1.82) is 0 Å². The van der Waals surface area contributed by atoms with Gasteiger partial charge in [0.1, 0.15) is 0 Å². The summed E-state index contributed by atoms with van der Waals surface area (Å²) in [6.07, 6.45) is 0. The van der Waals surface area contributed by atoms with Crippen molar-refractivity contribution >= 4 is 64.9 Å². The van der Waals surface area contributed by atoms with Gasteiger partial charge >= 0.3 is 0 Å². The topological polar surface area (TPSA) is 4.93 Å². The fourth-order valence-corrected chi connectivity index (χ4v) is 11.7. The molecule has 71 heavy (non-hydrogen) atoms. The molecule has 0 radical (unpaired) electrons. The lowest BCUT2D eigenvalue weighted by atomic mass is 9.85. The Bertz CT molecular complexity index is 3990. The smallest absolute Gasteiger partial charge is 0.0541 e. The van der Waals surface area contributed by atoms with Gasteiger partial charge in [-0.05, 0) is 158 Å². The van der Waals surface area contributed by atoms with Crippen LogP contribution in [0, 0.1) is 0 Å². The van der Waals surface area contributed by atoms with E-state index in [0.29, 0.717) is 0 Å². The molecule has 0 aliphatic carbocycles. The Morgan fingerprint density at radius 2 is 0.437 bits per heavy atom. The van der Waals surface area contributed by atoms with Crippen LogP contribution in [0.3, 0.4) is 0 Å². The summed E-state index contributed by atoms with van der Waals surface area (Å²) in [7, 11) is 0. The molecule has 0 atom stereocenters. The van der Waals surface area contributed by atoms with E-state index in [0.717, 1.165) is 5.69 Å². The third kappa shape index (κ3) is 6.70. The molecule has 0 unspecified atom stereocenters. The number of fused-ring (bicyclic) bond motifs is 7. The average molecular weight is 900 g/mol. The van der Waals surface area contributed by atoms with Gasteiger partial charge in [-0.15, -0.1) is 0 Å². The van der Waals surface area contributed by atoms with Gasteiger partial charge in [-0.2, -0.15) is 0 Å². The summed E-state index contributed by atoms with van der Waals surface area (Å²) in [5.41, 5.74) is 18.2. The van der Waals surface area contributed by atoms with Crippen LogP contribution in [0.5, 0.6) is 0 Å².